The zero-order valence-corrected chi connectivity index (χ0v) is 19.2. The van der Waals surface area contributed by atoms with Gasteiger partial charge in [-0.1, -0.05) is 39.3 Å². The maximum absolute atomic E-state index is 17.1. The maximum Gasteiger partial charge on any atom is 0.252 e. The van der Waals surface area contributed by atoms with Gasteiger partial charge in [-0.25, -0.2) is 4.39 Å². The number of alkyl halides is 1. The minimum atomic E-state index is -1.95. The number of hydrogen-bond donors (Lipinski definition) is 3. The zero-order valence-electron chi connectivity index (χ0n) is 19.2. The van der Waals surface area contributed by atoms with E-state index in [0.717, 1.165) is 5.57 Å². The molecule has 172 valence electrons. The first-order valence-electron chi connectivity index (χ1n) is 11.6. The SMILES string of the molecule is CC(C)CNC(=O)C1(O)C(C)CC2C3CCC4=CC(=O)C=CC4(C)C3(F)C(O)CC21C. The Morgan fingerprint density at radius 3 is 2.65 bits per heavy atom. The first kappa shape index (κ1) is 22.7. The number of ketones is 1. The molecule has 0 spiro atoms. The Morgan fingerprint density at radius 2 is 2.00 bits per heavy atom. The van der Waals surface area contributed by atoms with Crippen LogP contribution in [0.3, 0.4) is 0 Å². The third-order valence-electron chi connectivity index (χ3n) is 9.24. The number of rotatable bonds is 3. The van der Waals surface area contributed by atoms with Crippen LogP contribution >= 0.6 is 0 Å². The van der Waals surface area contributed by atoms with Crippen molar-refractivity contribution in [1.82, 2.24) is 5.32 Å². The van der Waals surface area contributed by atoms with Crippen LogP contribution in [0.15, 0.2) is 23.8 Å². The number of amides is 1. The lowest BCUT2D eigenvalue weighted by molar-refractivity contribution is -0.219. The molecule has 8 unspecified atom stereocenters. The van der Waals surface area contributed by atoms with Crippen LogP contribution in [0.4, 0.5) is 4.39 Å². The Bertz CT molecular complexity index is 868. The van der Waals surface area contributed by atoms with Gasteiger partial charge in [0.15, 0.2) is 17.1 Å². The molecule has 3 saturated carbocycles. The topological polar surface area (TPSA) is 86.6 Å². The second-order valence-corrected chi connectivity index (χ2v) is 11.3. The van der Waals surface area contributed by atoms with E-state index in [0.29, 0.717) is 25.8 Å². The summed E-state index contributed by atoms with van der Waals surface area (Å²) < 4.78 is 17.1. The molecular weight excluding hydrogens is 397 g/mol. The number of fused-ring (bicyclic) bond motifs is 5. The monoisotopic (exact) mass is 433 g/mol. The number of carbonyl (C=O) groups is 2. The summed E-state index contributed by atoms with van der Waals surface area (Å²) in [6.07, 6.45) is 4.81. The summed E-state index contributed by atoms with van der Waals surface area (Å²) in [5, 5.41) is 26.0. The Hall–Kier alpha value is -1.53. The lowest BCUT2D eigenvalue weighted by atomic mass is 9.44. The van der Waals surface area contributed by atoms with Crippen LogP contribution in [0.25, 0.3) is 0 Å². The van der Waals surface area contributed by atoms with Crippen molar-refractivity contribution in [1.29, 1.82) is 0 Å². The molecule has 31 heavy (non-hydrogen) atoms. The van der Waals surface area contributed by atoms with E-state index in [1.54, 1.807) is 13.0 Å². The quantitative estimate of drug-likeness (QED) is 0.638. The molecule has 4 aliphatic rings. The molecule has 4 aliphatic carbocycles. The molecule has 4 rings (SSSR count). The van der Waals surface area contributed by atoms with Crippen LogP contribution in [-0.2, 0) is 9.59 Å². The van der Waals surface area contributed by atoms with Crippen molar-refractivity contribution in [3.63, 3.8) is 0 Å². The molecule has 0 aliphatic heterocycles. The van der Waals surface area contributed by atoms with Gasteiger partial charge in [0.05, 0.1) is 6.10 Å². The Morgan fingerprint density at radius 1 is 1.32 bits per heavy atom. The minimum Gasteiger partial charge on any atom is -0.390 e. The van der Waals surface area contributed by atoms with Crippen molar-refractivity contribution >= 4 is 11.7 Å². The van der Waals surface area contributed by atoms with E-state index in [1.807, 2.05) is 27.7 Å². The largest absolute Gasteiger partial charge is 0.390 e. The molecule has 0 bridgehead atoms. The highest BCUT2D eigenvalue weighted by Crippen LogP contribution is 2.70. The van der Waals surface area contributed by atoms with E-state index in [-0.39, 0.29) is 30.0 Å². The fourth-order valence-electron chi connectivity index (χ4n) is 7.46. The number of nitrogens with one attached hydrogen (secondary N) is 1. The van der Waals surface area contributed by atoms with E-state index < -0.39 is 40.0 Å². The van der Waals surface area contributed by atoms with Gasteiger partial charge in [0.1, 0.15) is 0 Å². The summed E-state index contributed by atoms with van der Waals surface area (Å²) in [6, 6.07) is 0. The van der Waals surface area contributed by atoms with Gasteiger partial charge < -0.3 is 15.5 Å². The highest BCUT2D eigenvalue weighted by atomic mass is 19.1. The number of aliphatic hydroxyl groups excluding tert-OH is 1. The normalized spacial score (nSPS) is 48.7. The fourth-order valence-corrected chi connectivity index (χ4v) is 7.46. The molecule has 6 heteroatoms. The van der Waals surface area contributed by atoms with Gasteiger partial charge in [-0.2, -0.15) is 0 Å². The lowest BCUT2D eigenvalue weighted by Crippen LogP contribution is -2.70. The first-order chi connectivity index (χ1) is 14.3. The van der Waals surface area contributed by atoms with E-state index >= 15 is 4.39 Å². The Kier molecular flexibility index (Phi) is 5.10. The maximum atomic E-state index is 17.1. The van der Waals surface area contributed by atoms with Gasteiger partial charge in [0.2, 0.25) is 0 Å². The van der Waals surface area contributed by atoms with Gasteiger partial charge >= 0.3 is 0 Å². The Labute approximate surface area is 184 Å². The smallest absolute Gasteiger partial charge is 0.252 e. The summed E-state index contributed by atoms with van der Waals surface area (Å²) in [4.78, 5) is 25.1. The van der Waals surface area contributed by atoms with Crippen molar-refractivity contribution in [2.24, 2.45) is 34.5 Å². The molecule has 3 N–H and O–H groups in total. The molecule has 0 aromatic carbocycles. The van der Waals surface area contributed by atoms with E-state index in [4.69, 9.17) is 0 Å². The molecule has 1 amide bonds. The molecule has 8 atom stereocenters. The van der Waals surface area contributed by atoms with E-state index in [1.165, 1.54) is 12.2 Å². The van der Waals surface area contributed by atoms with Crippen LogP contribution in [0.1, 0.15) is 60.3 Å². The molecule has 5 nitrogen and oxygen atoms in total. The van der Waals surface area contributed by atoms with Crippen LogP contribution < -0.4 is 5.32 Å². The molecular formula is C25H36FNO4. The van der Waals surface area contributed by atoms with Crippen molar-refractivity contribution in [2.75, 3.05) is 6.54 Å². The first-order valence-corrected chi connectivity index (χ1v) is 11.6. The van der Waals surface area contributed by atoms with Crippen LogP contribution in [0, 0.1) is 34.5 Å². The second kappa shape index (κ2) is 6.98. The average molecular weight is 434 g/mol. The molecule has 0 heterocycles. The second-order valence-electron chi connectivity index (χ2n) is 11.3. The predicted molar refractivity (Wildman–Crippen MR) is 116 cm³/mol. The summed E-state index contributed by atoms with van der Waals surface area (Å²) in [5.41, 5.74) is -4.87. The van der Waals surface area contributed by atoms with Crippen molar-refractivity contribution < 1.29 is 24.2 Å². The van der Waals surface area contributed by atoms with Crippen LogP contribution in [0.2, 0.25) is 0 Å². The van der Waals surface area contributed by atoms with Crippen LogP contribution in [0.5, 0.6) is 0 Å². The standard InChI is InChI=1S/C25H36FNO4/c1-14(2)13-27-21(30)25(31)15(3)10-19-18-7-6-16-11-17(28)8-9-22(16,4)24(18,26)20(29)12-23(19,25)5/h8-9,11,14-15,18-20,29,31H,6-7,10,12-13H2,1-5H3,(H,27,30). The van der Waals surface area contributed by atoms with E-state index in [2.05, 4.69) is 5.32 Å². The van der Waals surface area contributed by atoms with Crippen LogP contribution in [-0.4, -0.2) is 45.8 Å². The van der Waals surface area contributed by atoms with Crippen molar-refractivity contribution in [2.45, 2.75) is 77.7 Å². The number of halogens is 1. The number of hydrogen-bond acceptors (Lipinski definition) is 4. The van der Waals surface area contributed by atoms with Gasteiger partial charge in [0.25, 0.3) is 5.91 Å². The van der Waals surface area contributed by atoms with Crippen molar-refractivity contribution in [3.05, 3.63) is 23.8 Å². The van der Waals surface area contributed by atoms with E-state index in [9.17, 15) is 19.8 Å². The lowest BCUT2D eigenvalue weighted by Gasteiger charge is -2.62. The Balaban J connectivity index is 1.75. The van der Waals surface area contributed by atoms with Gasteiger partial charge in [-0.3, -0.25) is 9.59 Å². The number of carbonyl (C=O) groups excluding carboxylic acids is 2. The average Bonchev–Trinajstić information content (AvgIpc) is 2.89. The molecule has 3 fully saturated rings. The zero-order chi connectivity index (χ0) is 23.0. The summed E-state index contributed by atoms with van der Waals surface area (Å²) in [5.74, 6) is -1.41. The third-order valence-corrected chi connectivity index (χ3v) is 9.24. The predicted octanol–water partition coefficient (Wildman–Crippen LogP) is 3.11. The molecule has 0 aromatic heterocycles. The van der Waals surface area contributed by atoms with Gasteiger partial charge in [0, 0.05) is 23.3 Å². The fraction of sp³-hybridized carbons (Fsp3) is 0.760. The number of aliphatic hydroxyl groups is 2. The van der Waals surface area contributed by atoms with Gasteiger partial charge in [-0.05, 0) is 62.5 Å². The molecule has 0 aromatic rings. The summed E-state index contributed by atoms with van der Waals surface area (Å²) in [6.45, 7) is 9.93. The number of allylic oxidation sites excluding steroid dienone is 4. The van der Waals surface area contributed by atoms with Crippen molar-refractivity contribution in [3.8, 4) is 0 Å². The highest BCUT2D eigenvalue weighted by Gasteiger charge is 2.75. The molecule has 0 radical (unpaired) electrons. The van der Waals surface area contributed by atoms with Gasteiger partial charge in [-0.15, -0.1) is 0 Å². The molecule has 0 saturated heterocycles. The minimum absolute atomic E-state index is 0.00522. The summed E-state index contributed by atoms with van der Waals surface area (Å²) in [7, 11) is 0. The third kappa shape index (κ3) is 2.73. The summed E-state index contributed by atoms with van der Waals surface area (Å²) >= 11 is 0. The highest BCUT2D eigenvalue weighted by molar-refractivity contribution is 6.01.